The van der Waals surface area contributed by atoms with E-state index < -0.39 is 10.0 Å². The van der Waals surface area contributed by atoms with Crippen molar-refractivity contribution in [2.24, 2.45) is 5.92 Å². The molecule has 0 saturated heterocycles. The second-order valence-electron chi connectivity index (χ2n) is 4.40. The quantitative estimate of drug-likeness (QED) is 0.719. The fraction of sp³-hybridized carbons (Fsp3) is 0.636. The van der Waals surface area contributed by atoms with Gasteiger partial charge in [0, 0.05) is 17.9 Å². The monoisotopic (exact) mass is 260 g/mol. The first-order valence-corrected chi connectivity index (χ1v) is 7.19. The van der Waals surface area contributed by atoms with E-state index in [0.717, 1.165) is 6.42 Å². The molecule has 5 nitrogen and oxygen atoms in total. The Labute approximate surface area is 102 Å². The second-order valence-corrected chi connectivity index (χ2v) is 6.11. The first kappa shape index (κ1) is 14.2. The molecular weight excluding hydrogens is 240 g/mol. The Morgan fingerprint density at radius 1 is 1.47 bits per heavy atom. The first-order valence-electron chi connectivity index (χ1n) is 5.71. The molecule has 0 aliphatic rings. The van der Waals surface area contributed by atoms with Crippen LogP contribution in [0.3, 0.4) is 0 Å². The van der Waals surface area contributed by atoms with Gasteiger partial charge >= 0.3 is 0 Å². The number of aliphatic hydroxyl groups excluding tert-OH is 1. The molecule has 1 unspecified atom stereocenters. The Balaban J connectivity index is 2.88. The molecule has 17 heavy (non-hydrogen) atoms. The van der Waals surface area contributed by atoms with Crippen LogP contribution in [-0.2, 0) is 16.6 Å². The molecule has 0 radical (unpaired) electrons. The molecule has 0 aliphatic heterocycles. The lowest BCUT2D eigenvalue weighted by molar-refractivity contribution is 0.277. The van der Waals surface area contributed by atoms with Crippen LogP contribution in [0.2, 0.25) is 0 Å². The zero-order chi connectivity index (χ0) is 13.1. The van der Waals surface area contributed by atoms with E-state index in [0.29, 0.717) is 5.69 Å². The van der Waals surface area contributed by atoms with E-state index in [1.807, 2.05) is 20.8 Å². The molecule has 0 fully saturated rings. The third-order valence-electron chi connectivity index (χ3n) is 2.75. The minimum Gasteiger partial charge on any atom is -0.390 e. The molecule has 0 aliphatic carbocycles. The molecule has 1 rings (SSSR count). The minimum absolute atomic E-state index is 0.0764. The molecule has 1 aromatic heterocycles. The van der Waals surface area contributed by atoms with Crippen molar-refractivity contribution in [2.75, 3.05) is 0 Å². The Morgan fingerprint density at radius 3 is 2.53 bits per heavy atom. The standard InChI is InChI=1S/C11H20N2O3S/c1-4-11(8(2)3)13-17(15,16)10-5-9(7-14)12-6-10/h5-6,8,11-14H,4,7H2,1-3H3. The summed E-state index contributed by atoms with van der Waals surface area (Å²) in [5.74, 6) is 0.242. The van der Waals surface area contributed by atoms with Gasteiger partial charge in [-0.3, -0.25) is 0 Å². The third kappa shape index (κ3) is 3.55. The predicted octanol–water partition coefficient (Wildman–Crippen LogP) is 1.22. The van der Waals surface area contributed by atoms with Gasteiger partial charge in [0.2, 0.25) is 10.0 Å². The van der Waals surface area contributed by atoms with Crippen LogP contribution in [0.1, 0.15) is 32.9 Å². The normalized spacial score (nSPS) is 14.2. The summed E-state index contributed by atoms with van der Waals surface area (Å²) in [4.78, 5) is 2.88. The van der Waals surface area contributed by atoms with Gasteiger partial charge < -0.3 is 10.1 Å². The molecule has 0 bridgehead atoms. The molecule has 1 aromatic rings. The highest BCUT2D eigenvalue weighted by Gasteiger charge is 2.22. The fourth-order valence-electron chi connectivity index (χ4n) is 1.62. The molecule has 6 heteroatoms. The van der Waals surface area contributed by atoms with Gasteiger partial charge in [0.15, 0.2) is 0 Å². The molecule has 0 amide bonds. The summed E-state index contributed by atoms with van der Waals surface area (Å²) >= 11 is 0. The SMILES string of the molecule is CCC(NS(=O)(=O)c1c[nH]c(CO)c1)C(C)C. The maximum Gasteiger partial charge on any atom is 0.242 e. The number of hydrogen-bond donors (Lipinski definition) is 3. The number of aromatic nitrogens is 1. The summed E-state index contributed by atoms with van der Waals surface area (Å²) < 4.78 is 26.7. The molecule has 0 saturated carbocycles. The van der Waals surface area contributed by atoms with Crippen LogP contribution in [0.4, 0.5) is 0 Å². The van der Waals surface area contributed by atoms with Crippen LogP contribution in [-0.4, -0.2) is 24.6 Å². The number of rotatable bonds is 6. The van der Waals surface area contributed by atoms with Crippen molar-refractivity contribution in [1.82, 2.24) is 9.71 Å². The number of aromatic amines is 1. The lowest BCUT2D eigenvalue weighted by Gasteiger charge is -2.20. The second kappa shape index (κ2) is 5.66. The molecule has 0 spiro atoms. The van der Waals surface area contributed by atoms with Crippen LogP contribution in [0, 0.1) is 5.92 Å². The minimum atomic E-state index is -3.50. The van der Waals surface area contributed by atoms with Crippen molar-refractivity contribution >= 4 is 10.0 Å². The Hall–Kier alpha value is -0.850. The van der Waals surface area contributed by atoms with E-state index in [-0.39, 0.29) is 23.5 Å². The van der Waals surface area contributed by atoms with Crippen molar-refractivity contribution in [3.63, 3.8) is 0 Å². The van der Waals surface area contributed by atoms with Crippen LogP contribution >= 0.6 is 0 Å². The van der Waals surface area contributed by atoms with Gasteiger partial charge in [-0.05, 0) is 18.4 Å². The topological polar surface area (TPSA) is 82.2 Å². The summed E-state index contributed by atoms with van der Waals surface area (Å²) in [7, 11) is -3.50. The highest BCUT2D eigenvalue weighted by Crippen LogP contribution is 2.14. The number of hydrogen-bond acceptors (Lipinski definition) is 3. The molecule has 1 atom stereocenters. The van der Waals surface area contributed by atoms with Gasteiger partial charge in [-0.15, -0.1) is 0 Å². The van der Waals surface area contributed by atoms with Crippen LogP contribution in [0.15, 0.2) is 17.2 Å². The molecule has 98 valence electrons. The average molecular weight is 260 g/mol. The molecule has 3 N–H and O–H groups in total. The van der Waals surface area contributed by atoms with Gasteiger partial charge in [-0.2, -0.15) is 0 Å². The lowest BCUT2D eigenvalue weighted by Crippen LogP contribution is -2.37. The van der Waals surface area contributed by atoms with E-state index in [1.165, 1.54) is 12.3 Å². The van der Waals surface area contributed by atoms with Crippen molar-refractivity contribution in [3.05, 3.63) is 18.0 Å². The van der Waals surface area contributed by atoms with Crippen molar-refractivity contribution in [1.29, 1.82) is 0 Å². The smallest absolute Gasteiger partial charge is 0.242 e. The van der Waals surface area contributed by atoms with Crippen LogP contribution in [0.5, 0.6) is 0 Å². The maximum absolute atomic E-state index is 12.0. The summed E-state index contributed by atoms with van der Waals surface area (Å²) in [6.45, 7) is 5.71. The first-order chi connectivity index (χ1) is 7.90. The van der Waals surface area contributed by atoms with Crippen molar-refractivity contribution in [2.45, 2.75) is 44.7 Å². The summed E-state index contributed by atoms with van der Waals surface area (Å²) in [6, 6.07) is 1.36. The summed E-state index contributed by atoms with van der Waals surface area (Å²) in [6.07, 6.45) is 2.13. The zero-order valence-corrected chi connectivity index (χ0v) is 11.2. The summed E-state index contributed by atoms with van der Waals surface area (Å²) in [5, 5.41) is 8.89. The Bertz CT molecular complexity index is 451. The third-order valence-corrected chi connectivity index (χ3v) is 4.22. The Kier molecular flexibility index (Phi) is 4.73. The number of aliphatic hydroxyl groups is 1. The largest absolute Gasteiger partial charge is 0.390 e. The molecular formula is C11H20N2O3S. The van der Waals surface area contributed by atoms with Gasteiger partial charge in [-0.25, -0.2) is 13.1 Å². The van der Waals surface area contributed by atoms with E-state index in [9.17, 15) is 8.42 Å². The Morgan fingerprint density at radius 2 is 2.12 bits per heavy atom. The van der Waals surface area contributed by atoms with Crippen LogP contribution in [0.25, 0.3) is 0 Å². The van der Waals surface area contributed by atoms with E-state index >= 15 is 0 Å². The predicted molar refractivity (Wildman–Crippen MR) is 66.0 cm³/mol. The van der Waals surface area contributed by atoms with Gasteiger partial charge in [-0.1, -0.05) is 20.8 Å². The highest BCUT2D eigenvalue weighted by atomic mass is 32.2. The lowest BCUT2D eigenvalue weighted by atomic mass is 10.0. The average Bonchev–Trinajstić information content (AvgIpc) is 2.74. The number of sulfonamides is 1. The maximum atomic E-state index is 12.0. The van der Waals surface area contributed by atoms with Crippen molar-refractivity contribution < 1.29 is 13.5 Å². The van der Waals surface area contributed by atoms with E-state index in [1.54, 1.807) is 0 Å². The zero-order valence-electron chi connectivity index (χ0n) is 10.4. The van der Waals surface area contributed by atoms with Crippen LogP contribution < -0.4 is 4.72 Å². The highest BCUT2D eigenvalue weighted by molar-refractivity contribution is 7.89. The van der Waals surface area contributed by atoms with Gasteiger partial charge in [0.05, 0.1) is 11.5 Å². The van der Waals surface area contributed by atoms with Gasteiger partial charge in [0.1, 0.15) is 0 Å². The van der Waals surface area contributed by atoms with E-state index in [4.69, 9.17) is 5.11 Å². The van der Waals surface area contributed by atoms with Crippen molar-refractivity contribution in [3.8, 4) is 0 Å². The number of nitrogens with one attached hydrogen (secondary N) is 2. The van der Waals surface area contributed by atoms with E-state index in [2.05, 4.69) is 9.71 Å². The van der Waals surface area contributed by atoms with Gasteiger partial charge in [0.25, 0.3) is 0 Å². The summed E-state index contributed by atoms with van der Waals surface area (Å²) in [5.41, 5.74) is 0.489. The molecule has 1 heterocycles. The molecule has 0 aromatic carbocycles. The number of H-pyrrole nitrogens is 1. The fourth-order valence-corrected chi connectivity index (χ4v) is 3.11.